The van der Waals surface area contributed by atoms with E-state index in [2.05, 4.69) is 22.3 Å². The molecule has 2 aromatic rings. The third kappa shape index (κ3) is 3.29. The maximum Gasteiger partial charge on any atom is 0.162 e. The zero-order valence-electron chi connectivity index (χ0n) is 11.7. The lowest BCUT2D eigenvalue weighted by Crippen LogP contribution is -2.26. The Labute approximate surface area is 133 Å². The van der Waals surface area contributed by atoms with Gasteiger partial charge in [0.2, 0.25) is 0 Å². The third-order valence-corrected chi connectivity index (χ3v) is 3.95. The Hall–Kier alpha value is -2.73. The normalized spacial score (nSPS) is 14.4. The highest BCUT2D eigenvalue weighted by Gasteiger charge is 2.06. The molecule has 0 spiro atoms. The topological polar surface area (TPSA) is 85.3 Å². The molecule has 22 heavy (non-hydrogen) atoms. The van der Waals surface area contributed by atoms with Gasteiger partial charge in [0.05, 0.1) is 0 Å². The molecular weight excluding hydrogens is 296 g/mol. The summed E-state index contributed by atoms with van der Waals surface area (Å²) in [5.41, 5.74) is 15.8. The molecule has 0 unspecified atom stereocenters. The van der Waals surface area contributed by atoms with Gasteiger partial charge < -0.3 is 21.0 Å². The first-order valence-corrected chi connectivity index (χ1v) is 7.52. The van der Waals surface area contributed by atoms with Gasteiger partial charge in [0.25, 0.3) is 0 Å². The quantitative estimate of drug-likeness (QED) is 0.559. The molecule has 6 heteroatoms. The number of rotatable bonds is 0. The van der Waals surface area contributed by atoms with Crippen LogP contribution >= 0.6 is 11.9 Å². The highest BCUT2D eigenvalue weighted by Crippen LogP contribution is 2.25. The van der Waals surface area contributed by atoms with Crippen LogP contribution in [-0.4, -0.2) is 0 Å². The summed E-state index contributed by atoms with van der Waals surface area (Å²) >= 11 is 1.55. The van der Waals surface area contributed by atoms with E-state index in [4.69, 9.17) is 16.3 Å². The van der Waals surface area contributed by atoms with Crippen LogP contribution in [0, 0.1) is 0 Å². The van der Waals surface area contributed by atoms with Crippen molar-refractivity contribution in [2.45, 2.75) is 4.90 Å². The van der Waals surface area contributed by atoms with Crippen molar-refractivity contribution in [2.75, 3.05) is 0 Å². The zero-order chi connectivity index (χ0) is 15.4. The molecule has 5 nitrogen and oxygen atoms in total. The van der Waals surface area contributed by atoms with Gasteiger partial charge in [0, 0.05) is 10.5 Å². The third-order valence-electron chi connectivity index (χ3n) is 3.02. The zero-order valence-corrected chi connectivity index (χ0v) is 12.6. The molecule has 0 aromatic heterocycles. The van der Waals surface area contributed by atoms with Gasteiger partial charge in [-0.15, -0.1) is 0 Å². The Morgan fingerprint density at radius 1 is 0.818 bits per heavy atom. The molecule has 2 aliphatic rings. The van der Waals surface area contributed by atoms with E-state index in [0.29, 0.717) is 11.6 Å². The van der Waals surface area contributed by atoms with Gasteiger partial charge in [0.1, 0.15) is 11.6 Å². The van der Waals surface area contributed by atoms with Crippen LogP contribution in [0.5, 0.6) is 5.75 Å². The van der Waals surface area contributed by atoms with Crippen molar-refractivity contribution in [1.29, 1.82) is 0 Å². The highest BCUT2D eigenvalue weighted by molar-refractivity contribution is 7.97. The summed E-state index contributed by atoms with van der Waals surface area (Å²) in [6, 6.07) is 15.8. The summed E-state index contributed by atoms with van der Waals surface area (Å²) in [7, 11) is 0. The summed E-state index contributed by atoms with van der Waals surface area (Å²) < 4.78 is 2.99. The molecular formula is C16H16N4OS. The summed E-state index contributed by atoms with van der Waals surface area (Å²) in [5.74, 6) is 2.05. The SMILES string of the molecule is NC1=Cc2ccccc2ON1.NC1=Cc2ccccc2SN1. The predicted octanol–water partition coefficient (Wildman–Crippen LogP) is 2.39. The van der Waals surface area contributed by atoms with Crippen LogP contribution in [0.1, 0.15) is 11.1 Å². The molecule has 6 N–H and O–H groups in total. The Morgan fingerprint density at radius 3 is 2.36 bits per heavy atom. The molecule has 2 aliphatic heterocycles. The maximum atomic E-state index is 5.58. The maximum absolute atomic E-state index is 5.58. The second kappa shape index (κ2) is 6.36. The van der Waals surface area contributed by atoms with E-state index in [1.54, 1.807) is 11.9 Å². The fourth-order valence-corrected chi connectivity index (χ4v) is 2.69. The van der Waals surface area contributed by atoms with Crippen LogP contribution in [0.4, 0.5) is 0 Å². The Bertz CT molecular complexity index is 679. The van der Waals surface area contributed by atoms with Crippen LogP contribution in [0.2, 0.25) is 0 Å². The number of nitrogens with two attached hydrogens (primary N) is 2. The molecule has 0 fully saturated rings. The van der Waals surface area contributed by atoms with Crippen molar-refractivity contribution < 1.29 is 4.84 Å². The molecule has 0 saturated heterocycles. The molecule has 4 rings (SSSR count). The highest BCUT2D eigenvalue weighted by atomic mass is 32.2. The van der Waals surface area contributed by atoms with Crippen LogP contribution in [0.15, 0.2) is 65.1 Å². The smallest absolute Gasteiger partial charge is 0.162 e. The number of hydrogen-bond acceptors (Lipinski definition) is 6. The molecule has 0 bridgehead atoms. The molecule has 0 radical (unpaired) electrons. The summed E-state index contributed by atoms with van der Waals surface area (Å²) in [5, 5.41) is 0. The van der Waals surface area contributed by atoms with Gasteiger partial charge in [0.15, 0.2) is 5.75 Å². The first kappa shape index (κ1) is 14.2. The minimum absolute atomic E-state index is 0.531. The van der Waals surface area contributed by atoms with Crippen LogP contribution < -0.4 is 26.5 Å². The van der Waals surface area contributed by atoms with Crippen LogP contribution in [0.3, 0.4) is 0 Å². The molecule has 0 saturated carbocycles. The van der Waals surface area contributed by atoms with E-state index in [9.17, 15) is 0 Å². The van der Waals surface area contributed by atoms with Gasteiger partial charge in [-0.3, -0.25) is 0 Å². The second-order valence-corrected chi connectivity index (χ2v) is 5.53. The Balaban J connectivity index is 0.000000131. The lowest BCUT2D eigenvalue weighted by molar-refractivity contribution is 0.223. The molecule has 0 atom stereocenters. The van der Waals surface area contributed by atoms with E-state index in [-0.39, 0.29) is 0 Å². The van der Waals surface area contributed by atoms with Gasteiger partial charge in [-0.25, -0.2) is 5.48 Å². The molecule has 112 valence electrons. The largest absolute Gasteiger partial charge is 0.385 e. The fraction of sp³-hybridized carbons (Fsp3) is 0. The average molecular weight is 312 g/mol. The van der Waals surface area contributed by atoms with Crippen molar-refractivity contribution in [3.8, 4) is 5.75 Å². The number of benzene rings is 2. The lowest BCUT2D eigenvalue weighted by atomic mass is 10.2. The number of hydrogen-bond donors (Lipinski definition) is 4. The standard InChI is InChI=1S/C8H8N2O.C8H8N2S/c2*9-8-5-6-3-1-2-4-7(6)11-10-8/h2*1-5,10H,9H2. The van der Waals surface area contributed by atoms with Crippen molar-refractivity contribution in [3.05, 3.63) is 71.3 Å². The van der Waals surface area contributed by atoms with E-state index in [0.717, 1.165) is 11.3 Å². The van der Waals surface area contributed by atoms with Gasteiger partial charge in [-0.05, 0) is 41.8 Å². The van der Waals surface area contributed by atoms with Crippen molar-refractivity contribution >= 4 is 24.1 Å². The van der Waals surface area contributed by atoms with Gasteiger partial charge in [-0.2, -0.15) is 0 Å². The molecule has 0 aliphatic carbocycles. The van der Waals surface area contributed by atoms with E-state index in [1.165, 1.54) is 10.5 Å². The van der Waals surface area contributed by atoms with Crippen LogP contribution in [0.25, 0.3) is 12.2 Å². The first-order chi connectivity index (χ1) is 10.7. The van der Waals surface area contributed by atoms with Crippen molar-refractivity contribution in [2.24, 2.45) is 11.5 Å². The second-order valence-electron chi connectivity index (χ2n) is 4.68. The fourth-order valence-electron chi connectivity index (χ4n) is 2.01. The average Bonchev–Trinajstić information content (AvgIpc) is 2.55. The summed E-state index contributed by atoms with van der Waals surface area (Å²) in [6.07, 6.45) is 3.77. The lowest BCUT2D eigenvalue weighted by Gasteiger charge is -2.15. The van der Waals surface area contributed by atoms with E-state index < -0.39 is 0 Å². The minimum atomic E-state index is 0.531. The number of nitrogens with one attached hydrogen (secondary N) is 2. The van der Waals surface area contributed by atoms with Crippen molar-refractivity contribution in [1.82, 2.24) is 10.2 Å². The monoisotopic (exact) mass is 312 g/mol. The van der Waals surface area contributed by atoms with Crippen molar-refractivity contribution in [3.63, 3.8) is 0 Å². The first-order valence-electron chi connectivity index (χ1n) is 6.70. The van der Waals surface area contributed by atoms with E-state index in [1.807, 2.05) is 48.6 Å². The summed E-state index contributed by atoms with van der Waals surface area (Å²) in [4.78, 5) is 6.32. The Morgan fingerprint density at radius 2 is 1.50 bits per heavy atom. The van der Waals surface area contributed by atoms with Crippen LogP contribution in [-0.2, 0) is 0 Å². The number of para-hydroxylation sites is 1. The van der Waals surface area contributed by atoms with Gasteiger partial charge >= 0.3 is 0 Å². The molecule has 2 aromatic carbocycles. The molecule has 2 heterocycles. The number of hydroxylamine groups is 1. The molecule has 0 amide bonds. The minimum Gasteiger partial charge on any atom is -0.385 e. The number of fused-ring (bicyclic) bond motifs is 2. The predicted molar refractivity (Wildman–Crippen MR) is 90.0 cm³/mol. The van der Waals surface area contributed by atoms with E-state index >= 15 is 0 Å². The van der Waals surface area contributed by atoms with Gasteiger partial charge in [-0.1, -0.05) is 36.4 Å². The Kier molecular flexibility index (Phi) is 4.11. The summed E-state index contributed by atoms with van der Waals surface area (Å²) in [6.45, 7) is 0.